The lowest BCUT2D eigenvalue weighted by atomic mass is 9.94. The standard InChI is InChI=1S/C14H27N3O.2ClH/c1-16-9-3-4-12(10-16)11-17(2)14(18)13-5-7-15-8-6-13;;/h12-13,15H,3-11H2,1-2H3;2*1H. The first kappa shape index (κ1) is 20.0. The molecule has 120 valence electrons. The second-order valence-electron chi connectivity index (χ2n) is 6.01. The van der Waals surface area contributed by atoms with Crippen LogP contribution in [-0.2, 0) is 4.79 Å². The quantitative estimate of drug-likeness (QED) is 0.856. The van der Waals surface area contributed by atoms with Crippen LogP contribution in [0.15, 0.2) is 0 Å². The molecule has 0 saturated carbocycles. The van der Waals surface area contributed by atoms with E-state index in [0.29, 0.717) is 11.8 Å². The highest BCUT2D eigenvalue weighted by molar-refractivity contribution is 5.85. The number of likely N-dealkylation sites (tertiary alicyclic amines) is 1. The maximum Gasteiger partial charge on any atom is 0.225 e. The van der Waals surface area contributed by atoms with Crippen LogP contribution in [0.4, 0.5) is 0 Å². The van der Waals surface area contributed by atoms with Gasteiger partial charge >= 0.3 is 0 Å². The van der Waals surface area contributed by atoms with Gasteiger partial charge in [-0.25, -0.2) is 0 Å². The molecule has 1 amide bonds. The Hall–Kier alpha value is -0.0300. The number of amides is 1. The third kappa shape index (κ3) is 5.76. The zero-order valence-electron chi connectivity index (χ0n) is 12.6. The number of piperidine rings is 2. The van der Waals surface area contributed by atoms with Crippen LogP contribution in [0, 0.1) is 11.8 Å². The number of carbonyl (C=O) groups is 1. The monoisotopic (exact) mass is 325 g/mol. The molecule has 1 N–H and O–H groups in total. The van der Waals surface area contributed by atoms with E-state index < -0.39 is 0 Å². The lowest BCUT2D eigenvalue weighted by Gasteiger charge is -2.34. The molecular weight excluding hydrogens is 297 g/mol. The van der Waals surface area contributed by atoms with Gasteiger partial charge in [0.2, 0.25) is 5.91 Å². The SMILES string of the molecule is CN1CCCC(CN(C)C(=O)C2CCNCC2)C1.Cl.Cl. The summed E-state index contributed by atoms with van der Waals surface area (Å²) in [7, 11) is 4.17. The van der Waals surface area contributed by atoms with E-state index in [1.165, 1.54) is 19.4 Å². The zero-order chi connectivity index (χ0) is 13.0. The van der Waals surface area contributed by atoms with Gasteiger partial charge in [-0.2, -0.15) is 0 Å². The molecule has 0 spiro atoms. The summed E-state index contributed by atoms with van der Waals surface area (Å²) in [5.74, 6) is 1.29. The van der Waals surface area contributed by atoms with Crippen LogP contribution in [0.5, 0.6) is 0 Å². The van der Waals surface area contributed by atoms with Gasteiger partial charge in [0.25, 0.3) is 0 Å². The molecule has 2 rings (SSSR count). The van der Waals surface area contributed by atoms with E-state index in [0.717, 1.165) is 39.0 Å². The van der Waals surface area contributed by atoms with Crippen LogP contribution >= 0.6 is 24.8 Å². The molecule has 20 heavy (non-hydrogen) atoms. The Morgan fingerprint density at radius 1 is 1.25 bits per heavy atom. The Morgan fingerprint density at radius 3 is 2.50 bits per heavy atom. The van der Waals surface area contributed by atoms with Gasteiger partial charge in [0, 0.05) is 26.1 Å². The van der Waals surface area contributed by atoms with Crippen molar-refractivity contribution >= 4 is 30.7 Å². The highest BCUT2D eigenvalue weighted by atomic mass is 35.5. The van der Waals surface area contributed by atoms with E-state index in [4.69, 9.17) is 0 Å². The Bertz CT molecular complexity index is 286. The average Bonchev–Trinajstić information content (AvgIpc) is 2.39. The van der Waals surface area contributed by atoms with Crippen molar-refractivity contribution in [3.63, 3.8) is 0 Å². The fourth-order valence-electron chi connectivity index (χ4n) is 3.28. The van der Waals surface area contributed by atoms with Crippen LogP contribution in [0.25, 0.3) is 0 Å². The molecule has 0 aromatic heterocycles. The Labute approximate surface area is 135 Å². The molecule has 6 heteroatoms. The molecule has 1 atom stereocenters. The second kappa shape index (κ2) is 9.82. The summed E-state index contributed by atoms with van der Waals surface area (Å²) >= 11 is 0. The molecule has 2 aliphatic rings. The molecule has 2 fully saturated rings. The number of carbonyl (C=O) groups excluding carboxylic acids is 1. The number of hydrogen-bond acceptors (Lipinski definition) is 3. The maximum absolute atomic E-state index is 12.3. The zero-order valence-corrected chi connectivity index (χ0v) is 14.3. The Morgan fingerprint density at radius 2 is 1.90 bits per heavy atom. The summed E-state index contributed by atoms with van der Waals surface area (Å²) in [6.45, 7) is 5.28. The maximum atomic E-state index is 12.3. The molecule has 0 bridgehead atoms. The van der Waals surface area contributed by atoms with Crippen LogP contribution in [-0.4, -0.2) is 62.5 Å². The average molecular weight is 326 g/mol. The number of hydrogen-bond donors (Lipinski definition) is 1. The van der Waals surface area contributed by atoms with Crippen LogP contribution in [0.3, 0.4) is 0 Å². The fraction of sp³-hybridized carbons (Fsp3) is 0.929. The van der Waals surface area contributed by atoms with Gasteiger partial charge in [-0.15, -0.1) is 24.8 Å². The molecular formula is C14H29Cl2N3O. The summed E-state index contributed by atoms with van der Waals surface area (Å²) in [6.07, 6.45) is 4.56. The van der Waals surface area contributed by atoms with E-state index in [9.17, 15) is 4.79 Å². The fourth-order valence-corrected chi connectivity index (χ4v) is 3.28. The molecule has 0 aromatic rings. The smallest absolute Gasteiger partial charge is 0.225 e. The van der Waals surface area contributed by atoms with Gasteiger partial charge in [0.15, 0.2) is 0 Å². The molecule has 4 nitrogen and oxygen atoms in total. The van der Waals surface area contributed by atoms with Crippen molar-refractivity contribution in [3.05, 3.63) is 0 Å². The topological polar surface area (TPSA) is 35.6 Å². The third-order valence-corrected chi connectivity index (χ3v) is 4.32. The summed E-state index contributed by atoms with van der Waals surface area (Å²) in [5, 5.41) is 3.32. The van der Waals surface area contributed by atoms with Crippen LogP contribution in [0.2, 0.25) is 0 Å². The molecule has 0 aliphatic carbocycles. The van der Waals surface area contributed by atoms with Crippen LogP contribution < -0.4 is 5.32 Å². The van der Waals surface area contributed by atoms with Gasteiger partial charge in [-0.1, -0.05) is 0 Å². The molecule has 0 radical (unpaired) electrons. The lowest BCUT2D eigenvalue weighted by molar-refractivity contribution is -0.135. The van der Waals surface area contributed by atoms with Crippen LogP contribution in [0.1, 0.15) is 25.7 Å². The van der Waals surface area contributed by atoms with Gasteiger partial charge in [-0.05, 0) is 58.3 Å². The predicted octanol–water partition coefficient (Wildman–Crippen LogP) is 1.63. The normalized spacial score (nSPS) is 24.4. The van der Waals surface area contributed by atoms with E-state index in [1.54, 1.807) is 0 Å². The molecule has 0 aromatic carbocycles. The van der Waals surface area contributed by atoms with Crippen molar-refractivity contribution in [1.29, 1.82) is 0 Å². The summed E-state index contributed by atoms with van der Waals surface area (Å²) in [6, 6.07) is 0. The van der Waals surface area contributed by atoms with Crippen molar-refractivity contribution in [2.75, 3.05) is 46.8 Å². The van der Waals surface area contributed by atoms with Gasteiger partial charge in [0.05, 0.1) is 0 Å². The van der Waals surface area contributed by atoms with Crippen molar-refractivity contribution in [2.45, 2.75) is 25.7 Å². The first-order chi connectivity index (χ1) is 8.66. The molecule has 1 unspecified atom stereocenters. The van der Waals surface area contributed by atoms with Crippen molar-refractivity contribution < 1.29 is 4.79 Å². The number of nitrogens with one attached hydrogen (secondary N) is 1. The van der Waals surface area contributed by atoms with Gasteiger partial charge in [-0.3, -0.25) is 4.79 Å². The summed E-state index contributed by atoms with van der Waals surface area (Å²) in [5.41, 5.74) is 0. The Balaban J connectivity index is 0.00000180. The highest BCUT2D eigenvalue weighted by Crippen LogP contribution is 2.19. The second-order valence-corrected chi connectivity index (χ2v) is 6.01. The predicted molar refractivity (Wildman–Crippen MR) is 87.9 cm³/mol. The molecule has 2 heterocycles. The van der Waals surface area contributed by atoms with Gasteiger partial charge < -0.3 is 15.1 Å². The largest absolute Gasteiger partial charge is 0.345 e. The molecule has 2 saturated heterocycles. The minimum atomic E-state index is 0. The van der Waals surface area contributed by atoms with E-state index >= 15 is 0 Å². The van der Waals surface area contributed by atoms with E-state index in [2.05, 4.69) is 17.3 Å². The van der Waals surface area contributed by atoms with Crippen molar-refractivity contribution in [2.24, 2.45) is 11.8 Å². The minimum Gasteiger partial charge on any atom is -0.345 e. The minimum absolute atomic E-state index is 0. The van der Waals surface area contributed by atoms with E-state index in [-0.39, 0.29) is 30.7 Å². The number of rotatable bonds is 3. The third-order valence-electron chi connectivity index (χ3n) is 4.32. The summed E-state index contributed by atoms with van der Waals surface area (Å²) < 4.78 is 0. The van der Waals surface area contributed by atoms with Crippen molar-refractivity contribution in [3.8, 4) is 0 Å². The van der Waals surface area contributed by atoms with E-state index in [1.807, 2.05) is 11.9 Å². The molecule has 2 aliphatic heterocycles. The first-order valence-electron chi connectivity index (χ1n) is 7.31. The highest BCUT2D eigenvalue weighted by Gasteiger charge is 2.26. The summed E-state index contributed by atoms with van der Waals surface area (Å²) in [4.78, 5) is 16.7. The lowest BCUT2D eigenvalue weighted by Crippen LogP contribution is -2.43. The Kier molecular flexibility index (Phi) is 9.81. The number of nitrogens with zero attached hydrogens (tertiary/aromatic N) is 2. The van der Waals surface area contributed by atoms with Gasteiger partial charge in [0.1, 0.15) is 0 Å². The van der Waals surface area contributed by atoms with Crippen molar-refractivity contribution in [1.82, 2.24) is 15.1 Å². The first-order valence-corrected chi connectivity index (χ1v) is 7.31. The number of halogens is 2.